The molecule has 1 amide bonds. The van der Waals surface area contributed by atoms with Gasteiger partial charge in [-0.05, 0) is 98.5 Å². The number of carbonyl (C=O) groups excluding carboxylic acids is 1. The SMILES string of the molecule is CN(C(=O)OCCO)[C@H]1CC[C@@]2(C)[C@H](CC[C@@H]3[C@@H]2CC[C@]2(C)[C@@H](c4ccc(=O)oc4)CC[C@]32O)C1. The van der Waals surface area contributed by atoms with Crippen LogP contribution in [0.25, 0.3) is 0 Å². The smallest absolute Gasteiger partial charge is 0.409 e. The molecule has 35 heavy (non-hydrogen) atoms. The Morgan fingerprint density at radius 3 is 2.63 bits per heavy atom. The van der Waals surface area contributed by atoms with Crippen LogP contribution >= 0.6 is 0 Å². The molecule has 4 saturated carbocycles. The molecule has 1 aromatic rings. The third-order valence-electron chi connectivity index (χ3n) is 11.1. The first kappa shape index (κ1) is 24.8. The van der Waals surface area contributed by atoms with Crippen LogP contribution in [0.4, 0.5) is 4.79 Å². The monoisotopic (exact) mass is 487 g/mol. The highest BCUT2D eigenvalue weighted by atomic mass is 16.6. The maximum absolute atomic E-state index is 12.4. The minimum absolute atomic E-state index is 0.0360. The van der Waals surface area contributed by atoms with Gasteiger partial charge in [0.15, 0.2) is 0 Å². The van der Waals surface area contributed by atoms with Crippen molar-refractivity contribution in [2.24, 2.45) is 28.6 Å². The summed E-state index contributed by atoms with van der Waals surface area (Å²) in [6, 6.07) is 3.56. The Kier molecular flexibility index (Phi) is 6.32. The number of nitrogens with zero attached hydrogens (tertiary/aromatic N) is 1. The van der Waals surface area contributed by atoms with Crippen molar-refractivity contribution >= 4 is 6.09 Å². The van der Waals surface area contributed by atoms with Crippen molar-refractivity contribution in [1.29, 1.82) is 0 Å². The van der Waals surface area contributed by atoms with Gasteiger partial charge < -0.3 is 24.3 Å². The first-order valence-corrected chi connectivity index (χ1v) is 13.5. The van der Waals surface area contributed by atoms with Crippen LogP contribution in [0.5, 0.6) is 0 Å². The first-order chi connectivity index (χ1) is 16.6. The highest BCUT2D eigenvalue weighted by Gasteiger charge is 2.67. The van der Waals surface area contributed by atoms with Crippen molar-refractivity contribution in [2.75, 3.05) is 20.3 Å². The van der Waals surface area contributed by atoms with Crippen molar-refractivity contribution in [3.63, 3.8) is 0 Å². The van der Waals surface area contributed by atoms with Crippen molar-refractivity contribution in [3.8, 4) is 0 Å². The van der Waals surface area contributed by atoms with Crippen LogP contribution in [-0.2, 0) is 4.74 Å². The van der Waals surface area contributed by atoms with Crippen molar-refractivity contribution in [2.45, 2.75) is 89.2 Å². The lowest BCUT2D eigenvalue weighted by Crippen LogP contribution is -2.62. The summed E-state index contributed by atoms with van der Waals surface area (Å²) in [5.41, 5.74) is -0.0373. The highest BCUT2D eigenvalue weighted by molar-refractivity contribution is 5.67. The van der Waals surface area contributed by atoms with E-state index >= 15 is 0 Å². The Bertz CT molecular complexity index is 989. The van der Waals surface area contributed by atoms with Gasteiger partial charge in [-0.25, -0.2) is 9.59 Å². The van der Waals surface area contributed by atoms with Crippen LogP contribution in [0.1, 0.15) is 83.1 Å². The van der Waals surface area contributed by atoms with Gasteiger partial charge in [-0.1, -0.05) is 13.8 Å². The molecule has 4 aliphatic rings. The van der Waals surface area contributed by atoms with Gasteiger partial charge in [-0.15, -0.1) is 0 Å². The zero-order valence-corrected chi connectivity index (χ0v) is 21.4. The lowest BCUT2D eigenvalue weighted by atomic mass is 9.43. The lowest BCUT2D eigenvalue weighted by molar-refractivity contribution is -0.203. The van der Waals surface area contributed by atoms with Crippen molar-refractivity contribution < 1.29 is 24.2 Å². The van der Waals surface area contributed by atoms with Gasteiger partial charge in [0.2, 0.25) is 0 Å². The number of hydrogen-bond acceptors (Lipinski definition) is 6. The summed E-state index contributed by atoms with van der Waals surface area (Å²) in [4.78, 5) is 25.6. The molecule has 4 fully saturated rings. The van der Waals surface area contributed by atoms with E-state index in [-0.39, 0.29) is 53.6 Å². The second-order valence-corrected chi connectivity index (χ2v) is 12.2. The summed E-state index contributed by atoms with van der Waals surface area (Å²) < 4.78 is 10.4. The molecular formula is C28H41NO6. The lowest BCUT2D eigenvalue weighted by Gasteiger charge is -2.64. The number of aliphatic hydroxyl groups excluding tert-OH is 1. The largest absolute Gasteiger partial charge is 0.447 e. The average molecular weight is 488 g/mol. The Morgan fingerprint density at radius 1 is 1.11 bits per heavy atom. The van der Waals surface area contributed by atoms with Crippen molar-refractivity contribution in [1.82, 2.24) is 4.90 Å². The van der Waals surface area contributed by atoms with E-state index in [9.17, 15) is 14.7 Å². The fourth-order valence-corrected chi connectivity index (χ4v) is 9.04. The molecule has 1 heterocycles. The molecule has 0 saturated heterocycles. The predicted molar refractivity (Wildman–Crippen MR) is 131 cm³/mol. The van der Waals surface area contributed by atoms with Crippen LogP contribution < -0.4 is 5.63 Å². The zero-order chi connectivity index (χ0) is 25.0. The van der Waals surface area contributed by atoms with Gasteiger partial charge >= 0.3 is 11.7 Å². The minimum atomic E-state index is -0.702. The van der Waals surface area contributed by atoms with Crippen LogP contribution in [0, 0.1) is 28.6 Å². The summed E-state index contributed by atoms with van der Waals surface area (Å²) in [6.45, 7) is 4.59. The highest BCUT2D eigenvalue weighted by Crippen LogP contribution is 2.70. The van der Waals surface area contributed by atoms with Gasteiger partial charge in [0.1, 0.15) is 6.61 Å². The number of ether oxygens (including phenoxy) is 1. The quantitative estimate of drug-likeness (QED) is 0.656. The van der Waals surface area contributed by atoms with E-state index in [2.05, 4.69) is 13.8 Å². The van der Waals surface area contributed by atoms with Crippen LogP contribution in [-0.4, -0.2) is 53.1 Å². The number of amides is 1. The number of aliphatic hydroxyl groups is 2. The Hall–Kier alpha value is -1.86. The minimum Gasteiger partial charge on any atom is -0.447 e. The summed E-state index contributed by atoms with van der Waals surface area (Å²) >= 11 is 0. The van der Waals surface area contributed by atoms with Crippen LogP contribution in [0.15, 0.2) is 27.6 Å². The molecule has 0 radical (unpaired) electrons. The molecule has 0 spiro atoms. The Labute approximate surface area is 207 Å². The van der Waals surface area contributed by atoms with Gasteiger partial charge in [-0.3, -0.25) is 0 Å². The van der Waals surface area contributed by atoms with Gasteiger partial charge in [0, 0.05) is 24.6 Å². The molecule has 4 aliphatic carbocycles. The summed E-state index contributed by atoms with van der Waals surface area (Å²) in [5.74, 6) is 1.51. The third-order valence-corrected chi connectivity index (χ3v) is 11.1. The molecule has 0 bridgehead atoms. The molecule has 2 N–H and O–H groups in total. The number of fused-ring (bicyclic) bond motifs is 5. The van der Waals surface area contributed by atoms with E-state index in [1.54, 1.807) is 11.2 Å². The van der Waals surface area contributed by atoms with E-state index in [0.29, 0.717) is 11.8 Å². The predicted octanol–water partition coefficient (Wildman–Crippen LogP) is 4.31. The van der Waals surface area contributed by atoms with E-state index in [1.807, 2.05) is 13.1 Å². The Morgan fingerprint density at radius 2 is 1.91 bits per heavy atom. The van der Waals surface area contributed by atoms with Crippen LogP contribution in [0.2, 0.25) is 0 Å². The standard InChI is InChI=1S/C28H41NO6/c1-26-11-8-20(29(3)25(32)34-15-14-30)16-19(26)5-6-23-22(26)9-12-27(2)21(10-13-28(23,27)33)18-4-7-24(31)35-17-18/h4,7,17,19-23,30,33H,5-6,8-16H2,1-3H3/t19-,20+,21-,22+,23-,26+,27-,28+/m1/s1. The molecule has 194 valence electrons. The summed E-state index contributed by atoms with van der Waals surface area (Å²) in [7, 11) is 1.82. The van der Waals surface area contributed by atoms with Gasteiger partial charge in [-0.2, -0.15) is 0 Å². The van der Waals surface area contributed by atoms with E-state index in [0.717, 1.165) is 63.4 Å². The molecule has 7 nitrogen and oxygen atoms in total. The summed E-state index contributed by atoms with van der Waals surface area (Å²) in [5, 5.41) is 21.3. The van der Waals surface area contributed by atoms with E-state index in [4.69, 9.17) is 14.3 Å². The van der Waals surface area contributed by atoms with E-state index < -0.39 is 5.60 Å². The number of carbonyl (C=O) groups is 1. The summed E-state index contributed by atoms with van der Waals surface area (Å²) in [6.07, 6.45) is 10.2. The maximum Gasteiger partial charge on any atom is 0.409 e. The maximum atomic E-state index is 12.4. The average Bonchev–Trinajstić information content (AvgIpc) is 3.13. The molecule has 0 unspecified atom stereocenters. The molecule has 0 aromatic carbocycles. The second kappa shape index (κ2) is 8.91. The molecule has 5 rings (SSSR count). The molecule has 1 aromatic heterocycles. The number of hydrogen-bond donors (Lipinski definition) is 2. The molecule has 0 aliphatic heterocycles. The van der Waals surface area contributed by atoms with Gasteiger partial charge in [0.25, 0.3) is 0 Å². The molecular weight excluding hydrogens is 446 g/mol. The third kappa shape index (κ3) is 3.76. The first-order valence-electron chi connectivity index (χ1n) is 13.5. The fraction of sp³-hybridized carbons (Fsp3) is 0.786. The van der Waals surface area contributed by atoms with E-state index in [1.165, 1.54) is 6.07 Å². The zero-order valence-electron chi connectivity index (χ0n) is 21.4. The van der Waals surface area contributed by atoms with Gasteiger partial charge in [0.05, 0.1) is 18.5 Å². The Balaban J connectivity index is 1.34. The van der Waals surface area contributed by atoms with Crippen molar-refractivity contribution in [3.05, 3.63) is 34.4 Å². The second-order valence-electron chi connectivity index (χ2n) is 12.2. The molecule has 8 atom stereocenters. The normalized spacial score (nSPS) is 42.5. The topological polar surface area (TPSA) is 100 Å². The fourth-order valence-electron chi connectivity index (χ4n) is 9.04. The molecule has 7 heteroatoms. The number of rotatable bonds is 4. The van der Waals surface area contributed by atoms with Crippen LogP contribution in [0.3, 0.4) is 0 Å².